The number of hydrogen-bond donors (Lipinski definition) is 1. The molecule has 1 N–H and O–H groups in total. The predicted molar refractivity (Wildman–Crippen MR) is 110 cm³/mol. The minimum Gasteiger partial charge on any atom is -0.491 e. The van der Waals surface area contributed by atoms with Crippen LogP contribution in [0.2, 0.25) is 0 Å². The van der Waals surface area contributed by atoms with E-state index in [1.54, 1.807) is 4.57 Å². The molecule has 1 aliphatic carbocycles. The van der Waals surface area contributed by atoms with Gasteiger partial charge in [0.05, 0.1) is 18.0 Å². The SMILES string of the molecule is COc1c(F)c(F)cc2c(=O)c(C(=O)NCCCc3ccccc3)cn(C3CC3)c12. The third kappa shape index (κ3) is 3.79. The summed E-state index contributed by atoms with van der Waals surface area (Å²) in [5.41, 5.74) is 0.629. The van der Waals surface area contributed by atoms with E-state index in [1.807, 2.05) is 30.3 Å². The number of aromatic nitrogens is 1. The first-order valence-electron chi connectivity index (χ1n) is 9.94. The number of rotatable bonds is 7. The molecule has 0 spiro atoms. The monoisotopic (exact) mass is 412 g/mol. The van der Waals surface area contributed by atoms with Gasteiger partial charge in [0.25, 0.3) is 5.91 Å². The molecule has 7 heteroatoms. The van der Waals surface area contributed by atoms with Gasteiger partial charge in [0.2, 0.25) is 11.2 Å². The van der Waals surface area contributed by atoms with Crippen LogP contribution >= 0.6 is 0 Å². The molecule has 1 amide bonds. The van der Waals surface area contributed by atoms with Gasteiger partial charge in [0.15, 0.2) is 11.6 Å². The molecule has 1 saturated carbocycles. The Balaban J connectivity index is 1.62. The number of carbonyl (C=O) groups excluding carboxylic acids is 1. The van der Waals surface area contributed by atoms with Crippen molar-refractivity contribution >= 4 is 16.8 Å². The predicted octanol–water partition coefficient (Wildman–Crippen LogP) is 3.99. The van der Waals surface area contributed by atoms with Gasteiger partial charge < -0.3 is 14.6 Å². The molecule has 3 aromatic rings. The third-order valence-electron chi connectivity index (χ3n) is 5.33. The smallest absolute Gasteiger partial charge is 0.256 e. The molecule has 0 saturated heterocycles. The van der Waals surface area contributed by atoms with Crippen molar-refractivity contribution in [1.82, 2.24) is 9.88 Å². The average Bonchev–Trinajstić information content (AvgIpc) is 3.59. The summed E-state index contributed by atoms with van der Waals surface area (Å²) in [6.07, 6.45) is 4.62. The number of halogens is 2. The van der Waals surface area contributed by atoms with Gasteiger partial charge in [0.1, 0.15) is 5.56 Å². The minimum absolute atomic E-state index is 0.0245. The Morgan fingerprint density at radius 1 is 1.23 bits per heavy atom. The van der Waals surface area contributed by atoms with Crippen LogP contribution in [0.3, 0.4) is 0 Å². The summed E-state index contributed by atoms with van der Waals surface area (Å²) in [5, 5.41) is 2.70. The number of amides is 1. The number of hydrogen-bond acceptors (Lipinski definition) is 3. The van der Waals surface area contributed by atoms with Crippen molar-refractivity contribution in [3.8, 4) is 5.75 Å². The number of nitrogens with one attached hydrogen (secondary N) is 1. The summed E-state index contributed by atoms with van der Waals surface area (Å²) in [6.45, 7) is 0.399. The highest BCUT2D eigenvalue weighted by Gasteiger charge is 2.30. The summed E-state index contributed by atoms with van der Waals surface area (Å²) in [7, 11) is 1.23. The Morgan fingerprint density at radius 3 is 2.63 bits per heavy atom. The lowest BCUT2D eigenvalue weighted by Gasteiger charge is -2.16. The number of aryl methyl sites for hydroxylation is 1. The van der Waals surface area contributed by atoms with Crippen LogP contribution in [-0.2, 0) is 6.42 Å². The summed E-state index contributed by atoms with van der Waals surface area (Å²) in [4.78, 5) is 25.6. The second kappa shape index (κ2) is 8.26. The molecule has 0 unspecified atom stereocenters. The molecule has 1 fully saturated rings. The highest BCUT2D eigenvalue weighted by molar-refractivity contribution is 5.98. The van der Waals surface area contributed by atoms with Gasteiger partial charge in [0, 0.05) is 18.8 Å². The van der Waals surface area contributed by atoms with Crippen LogP contribution < -0.4 is 15.5 Å². The molecule has 2 aromatic carbocycles. The Hall–Kier alpha value is -3.22. The van der Waals surface area contributed by atoms with Crippen molar-refractivity contribution in [2.75, 3.05) is 13.7 Å². The Morgan fingerprint density at radius 2 is 1.97 bits per heavy atom. The lowest BCUT2D eigenvalue weighted by atomic mass is 10.1. The number of methoxy groups -OCH3 is 1. The van der Waals surface area contributed by atoms with Gasteiger partial charge in [-0.05, 0) is 37.3 Å². The molecule has 5 nitrogen and oxygen atoms in total. The molecule has 1 heterocycles. The maximum absolute atomic E-state index is 14.2. The second-order valence-corrected chi connectivity index (χ2v) is 7.46. The quantitative estimate of drug-likeness (QED) is 0.597. The van der Waals surface area contributed by atoms with E-state index in [1.165, 1.54) is 13.3 Å². The van der Waals surface area contributed by atoms with E-state index in [-0.39, 0.29) is 28.3 Å². The molecule has 4 rings (SSSR count). The second-order valence-electron chi connectivity index (χ2n) is 7.46. The van der Waals surface area contributed by atoms with Crippen LogP contribution in [0.15, 0.2) is 47.4 Å². The number of nitrogens with zero attached hydrogens (tertiary/aromatic N) is 1. The maximum Gasteiger partial charge on any atom is 0.256 e. The summed E-state index contributed by atoms with van der Waals surface area (Å²) >= 11 is 0. The number of benzene rings is 2. The number of carbonyl (C=O) groups is 1. The Kier molecular flexibility index (Phi) is 5.53. The van der Waals surface area contributed by atoms with Crippen LogP contribution in [0, 0.1) is 11.6 Å². The van der Waals surface area contributed by atoms with Crippen LogP contribution in [-0.4, -0.2) is 24.1 Å². The van der Waals surface area contributed by atoms with Gasteiger partial charge in [-0.3, -0.25) is 9.59 Å². The summed E-state index contributed by atoms with van der Waals surface area (Å²) in [5.74, 6) is -3.16. The maximum atomic E-state index is 14.2. The van der Waals surface area contributed by atoms with E-state index in [9.17, 15) is 18.4 Å². The molecule has 0 aliphatic heterocycles. The third-order valence-corrected chi connectivity index (χ3v) is 5.33. The average molecular weight is 412 g/mol. The Labute approximate surface area is 172 Å². The molecule has 1 aromatic heterocycles. The Bertz CT molecular complexity index is 1150. The first-order valence-corrected chi connectivity index (χ1v) is 9.94. The van der Waals surface area contributed by atoms with Crippen molar-refractivity contribution in [1.29, 1.82) is 0 Å². The molecular weight excluding hydrogens is 390 g/mol. The molecule has 1 aliphatic rings. The first-order chi connectivity index (χ1) is 14.5. The van der Waals surface area contributed by atoms with Crippen molar-refractivity contribution in [3.05, 3.63) is 75.6 Å². The van der Waals surface area contributed by atoms with Crippen molar-refractivity contribution < 1.29 is 18.3 Å². The molecule has 0 bridgehead atoms. The highest BCUT2D eigenvalue weighted by Crippen LogP contribution is 2.40. The molecule has 0 radical (unpaired) electrons. The van der Waals surface area contributed by atoms with Crippen LogP contribution in [0.4, 0.5) is 8.78 Å². The van der Waals surface area contributed by atoms with Crippen LogP contribution in [0.1, 0.15) is 41.2 Å². The van der Waals surface area contributed by atoms with Crippen molar-refractivity contribution in [2.24, 2.45) is 0 Å². The zero-order chi connectivity index (χ0) is 21.3. The van der Waals surface area contributed by atoms with E-state index in [0.29, 0.717) is 13.0 Å². The molecule has 0 atom stereocenters. The highest BCUT2D eigenvalue weighted by atomic mass is 19.2. The number of ether oxygens (including phenoxy) is 1. The lowest BCUT2D eigenvalue weighted by Crippen LogP contribution is -2.31. The summed E-state index contributed by atoms with van der Waals surface area (Å²) < 4.78 is 35.0. The largest absolute Gasteiger partial charge is 0.491 e. The zero-order valence-corrected chi connectivity index (χ0v) is 16.6. The molecule has 30 heavy (non-hydrogen) atoms. The van der Waals surface area contributed by atoms with E-state index >= 15 is 0 Å². The minimum atomic E-state index is -1.18. The first kappa shape index (κ1) is 20.1. The van der Waals surface area contributed by atoms with E-state index in [0.717, 1.165) is 30.9 Å². The fourth-order valence-electron chi connectivity index (χ4n) is 3.65. The fourth-order valence-corrected chi connectivity index (χ4v) is 3.65. The topological polar surface area (TPSA) is 60.3 Å². The van der Waals surface area contributed by atoms with Crippen LogP contribution in [0.5, 0.6) is 5.75 Å². The van der Waals surface area contributed by atoms with Gasteiger partial charge in [-0.15, -0.1) is 0 Å². The lowest BCUT2D eigenvalue weighted by molar-refractivity contribution is 0.0951. The standard InChI is InChI=1S/C23H22F2N2O3/c1-30-22-19(25)18(24)12-16-20(22)27(15-9-10-15)13-17(21(16)28)23(29)26-11-5-8-14-6-3-2-4-7-14/h2-4,6-7,12-13,15H,5,8-11H2,1H3,(H,26,29). The van der Waals surface area contributed by atoms with E-state index < -0.39 is 23.0 Å². The zero-order valence-electron chi connectivity index (χ0n) is 16.6. The summed E-state index contributed by atoms with van der Waals surface area (Å²) in [6, 6.07) is 10.8. The van der Waals surface area contributed by atoms with Gasteiger partial charge in [-0.25, -0.2) is 4.39 Å². The van der Waals surface area contributed by atoms with Gasteiger partial charge >= 0.3 is 0 Å². The van der Waals surface area contributed by atoms with E-state index in [4.69, 9.17) is 4.74 Å². The van der Waals surface area contributed by atoms with E-state index in [2.05, 4.69) is 5.32 Å². The van der Waals surface area contributed by atoms with Gasteiger partial charge in [-0.2, -0.15) is 4.39 Å². The van der Waals surface area contributed by atoms with Gasteiger partial charge in [-0.1, -0.05) is 30.3 Å². The molecule has 156 valence electrons. The fraction of sp³-hybridized carbons (Fsp3) is 0.304. The molecular formula is C23H22F2N2O3. The number of fused-ring (bicyclic) bond motifs is 1. The van der Waals surface area contributed by atoms with Crippen LogP contribution in [0.25, 0.3) is 10.9 Å². The normalized spacial score (nSPS) is 13.4. The van der Waals surface area contributed by atoms with Crippen molar-refractivity contribution in [3.63, 3.8) is 0 Å². The number of pyridine rings is 1. The van der Waals surface area contributed by atoms with Crippen molar-refractivity contribution in [2.45, 2.75) is 31.7 Å².